The highest BCUT2D eigenvalue weighted by Crippen LogP contribution is 2.51. The molecule has 10 aromatic carbocycles. The number of fused-ring (bicyclic) bond motifs is 14. The minimum Gasteiger partial charge on any atom is -0.346 e. The smallest absolute Gasteiger partial charge is 0.151 e. The highest BCUT2D eigenvalue weighted by molar-refractivity contribution is 6.19. The van der Waals surface area contributed by atoms with Crippen LogP contribution in [0.25, 0.3) is 93.6 Å². The number of rotatable bonds is 5. The number of amidine groups is 1. The van der Waals surface area contributed by atoms with Gasteiger partial charge in [-0.05, 0) is 83.8 Å². The number of aryl methyl sites for hydroxylation is 1. The standard InChI is InChI=1S/C65H43N7/c1-40-17-15-26-49-50-27-16-30-56-62(50)71(61(40)49)60-38-57(70-55-29-14-12-25-48(55)52-36-58-51(37-59(52)70)47-24-11-13-28-54(47)69(58)46-22-9-4-10-23-46)45(39-66)35-53(60)65-68-63(43-20-7-3-8-21-43)67-64(72(56)65)44-33-31-42(32-34-44)41-18-5-2-6-19-41/h2-38,64-65H,1H3,(H,67,68). The molecule has 1 N–H and O–H groups in total. The number of nitrogens with one attached hydrogen (secondary N) is 1. The number of para-hydroxylation sites is 5. The van der Waals surface area contributed by atoms with E-state index >= 15 is 0 Å². The van der Waals surface area contributed by atoms with E-state index in [9.17, 15) is 5.26 Å². The third-order valence-electron chi connectivity index (χ3n) is 15.2. The van der Waals surface area contributed by atoms with E-state index in [4.69, 9.17) is 4.99 Å². The van der Waals surface area contributed by atoms with E-state index in [2.05, 4.69) is 255 Å². The Morgan fingerprint density at radius 2 is 1.01 bits per heavy atom. The summed E-state index contributed by atoms with van der Waals surface area (Å²) in [4.78, 5) is 8.09. The predicted molar refractivity (Wildman–Crippen MR) is 295 cm³/mol. The first-order valence-corrected chi connectivity index (χ1v) is 24.6. The summed E-state index contributed by atoms with van der Waals surface area (Å²) in [5, 5.41) is 22.5. The van der Waals surface area contributed by atoms with Crippen LogP contribution in [-0.4, -0.2) is 19.5 Å². The van der Waals surface area contributed by atoms with Crippen molar-refractivity contribution < 1.29 is 0 Å². The average molecular weight is 922 g/mol. The lowest BCUT2D eigenvalue weighted by molar-refractivity contribution is 0.491. The van der Waals surface area contributed by atoms with Crippen molar-refractivity contribution in [3.63, 3.8) is 0 Å². The van der Waals surface area contributed by atoms with Crippen LogP contribution in [0.5, 0.6) is 0 Å². The summed E-state index contributed by atoms with van der Waals surface area (Å²) in [6, 6.07) is 83.0. The highest BCUT2D eigenvalue weighted by atomic mass is 15.4. The van der Waals surface area contributed by atoms with Crippen molar-refractivity contribution in [3.05, 3.63) is 252 Å². The van der Waals surface area contributed by atoms with Crippen LogP contribution in [0.2, 0.25) is 0 Å². The van der Waals surface area contributed by atoms with Crippen LogP contribution in [0.1, 0.15) is 40.1 Å². The third kappa shape index (κ3) is 5.75. The summed E-state index contributed by atoms with van der Waals surface area (Å²) in [6.45, 7) is 2.21. The minimum absolute atomic E-state index is 0.427. The Balaban J connectivity index is 1.03. The van der Waals surface area contributed by atoms with E-state index in [0.29, 0.717) is 5.56 Å². The van der Waals surface area contributed by atoms with Crippen LogP contribution in [0, 0.1) is 18.3 Å². The maximum atomic E-state index is 11.6. The van der Waals surface area contributed by atoms with Crippen LogP contribution in [0.4, 0.5) is 5.69 Å². The molecule has 2 aliphatic rings. The van der Waals surface area contributed by atoms with Gasteiger partial charge in [-0.25, -0.2) is 4.99 Å². The zero-order valence-electron chi connectivity index (χ0n) is 39.2. The molecule has 2 aliphatic heterocycles. The highest BCUT2D eigenvalue weighted by Gasteiger charge is 2.40. The number of anilines is 1. The molecule has 0 bridgehead atoms. The Hall–Kier alpha value is -9.64. The van der Waals surface area contributed by atoms with Crippen LogP contribution in [-0.2, 0) is 0 Å². The number of aliphatic imine (C=N–C) groups is 1. The zero-order chi connectivity index (χ0) is 47.6. The normalized spacial score (nSPS) is 15.2. The van der Waals surface area contributed by atoms with E-state index in [1.165, 1.54) is 21.9 Å². The SMILES string of the molecule is Cc1cccc2c3cccc4c3n(c12)-c1cc(-n2c3ccccc3c3cc5c(cc32)c2ccccc2n5-c2ccccc2)c(C#N)cc1C1NC(c2ccccc2)=NC(c2ccc(-c3ccccc3)cc2)N41. The average Bonchev–Trinajstić information content (AvgIpc) is 4.05. The van der Waals surface area contributed by atoms with E-state index in [1.54, 1.807) is 0 Å². The van der Waals surface area contributed by atoms with Gasteiger partial charge in [0.2, 0.25) is 0 Å². The van der Waals surface area contributed by atoms with Gasteiger partial charge in [-0.3, -0.25) is 0 Å². The number of nitriles is 1. The summed E-state index contributed by atoms with van der Waals surface area (Å²) >= 11 is 0. The summed E-state index contributed by atoms with van der Waals surface area (Å²) in [7, 11) is 0. The summed E-state index contributed by atoms with van der Waals surface area (Å²) in [5.74, 6) is 0.795. The lowest BCUT2D eigenvalue weighted by Crippen LogP contribution is -2.48. The van der Waals surface area contributed by atoms with Gasteiger partial charge < -0.3 is 23.9 Å². The molecule has 0 saturated carbocycles. The van der Waals surface area contributed by atoms with Crippen molar-refractivity contribution in [3.8, 4) is 34.3 Å². The summed E-state index contributed by atoms with van der Waals surface area (Å²) in [5.41, 5.74) is 17.7. The second kappa shape index (κ2) is 15.4. The van der Waals surface area contributed by atoms with Crippen LogP contribution in [0.15, 0.2) is 229 Å². The lowest BCUT2D eigenvalue weighted by Gasteiger charge is -2.43. The van der Waals surface area contributed by atoms with Gasteiger partial charge in [-0.15, -0.1) is 0 Å². The quantitative estimate of drug-likeness (QED) is 0.187. The molecule has 2 atom stereocenters. The largest absolute Gasteiger partial charge is 0.346 e. The first kappa shape index (κ1) is 40.3. The van der Waals surface area contributed by atoms with Crippen molar-refractivity contribution in [1.82, 2.24) is 19.0 Å². The molecule has 13 aromatic rings. The molecule has 72 heavy (non-hydrogen) atoms. The van der Waals surface area contributed by atoms with Crippen molar-refractivity contribution in [1.29, 1.82) is 5.26 Å². The summed E-state index contributed by atoms with van der Waals surface area (Å²) < 4.78 is 7.19. The Kier molecular flexibility index (Phi) is 8.63. The van der Waals surface area contributed by atoms with Gasteiger partial charge in [0, 0.05) is 49.1 Å². The molecule has 7 heteroatoms. The van der Waals surface area contributed by atoms with Crippen LogP contribution in [0.3, 0.4) is 0 Å². The lowest BCUT2D eigenvalue weighted by atomic mass is 9.98. The number of hydrogen-bond acceptors (Lipinski definition) is 4. The Morgan fingerprint density at radius 1 is 0.444 bits per heavy atom. The molecule has 3 aromatic heterocycles. The van der Waals surface area contributed by atoms with E-state index in [0.717, 1.165) is 105 Å². The third-order valence-corrected chi connectivity index (χ3v) is 15.2. The monoisotopic (exact) mass is 921 g/mol. The minimum atomic E-state index is -0.431. The van der Waals surface area contributed by atoms with Crippen molar-refractivity contribution in [2.75, 3.05) is 4.90 Å². The fourth-order valence-corrected chi connectivity index (χ4v) is 12.1. The van der Waals surface area contributed by atoms with Crippen molar-refractivity contribution >= 4 is 76.9 Å². The molecular weight excluding hydrogens is 879 g/mol. The van der Waals surface area contributed by atoms with Crippen molar-refractivity contribution in [2.45, 2.75) is 19.3 Å². The van der Waals surface area contributed by atoms with Gasteiger partial charge in [-0.1, -0.05) is 170 Å². The molecule has 7 nitrogen and oxygen atoms in total. The molecule has 0 amide bonds. The maximum Gasteiger partial charge on any atom is 0.151 e. The first-order chi connectivity index (χ1) is 35.6. The molecular formula is C65H43N7. The molecule has 0 fully saturated rings. The number of benzene rings is 10. The van der Waals surface area contributed by atoms with Gasteiger partial charge in [0.05, 0.1) is 55.7 Å². The Labute approximate surface area is 415 Å². The Bertz CT molecular complexity index is 4440. The fourth-order valence-electron chi connectivity index (χ4n) is 12.1. The van der Waals surface area contributed by atoms with Crippen LogP contribution >= 0.6 is 0 Å². The molecule has 0 spiro atoms. The molecule has 0 radical (unpaired) electrons. The number of aromatic nitrogens is 3. The number of hydrogen-bond donors (Lipinski definition) is 1. The molecule has 2 unspecified atom stereocenters. The summed E-state index contributed by atoms with van der Waals surface area (Å²) in [6.07, 6.45) is -0.859. The Morgan fingerprint density at radius 3 is 1.71 bits per heavy atom. The molecule has 0 aliphatic carbocycles. The second-order valence-corrected chi connectivity index (χ2v) is 19.1. The van der Waals surface area contributed by atoms with E-state index < -0.39 is 12.3 Å². The zero-order valence-corrected chi connectivity index (χ0v) is 39.2. The fraction of sp³-hybridized carbons (Fsp3) is 0.0462. The maximum absolute atomic E-state index is 11.6. The second-order valence-electron chi connectivity index (χ2n) is 19.1. The van der Waals surface area contributed by atoms with E-state index in [1.807, 2.05) is 6.07 Å². The molecule has 338 valence electrons. The molecule has 5 heterocycles. The van der Waals surface area contributed by atoms with Gasteiger partial charge in [0.1, 0.15) is 18.1 Å². The first-order valence-electron chi connectivity index (χ1n) is 24.6. The molecule has 0 saturated heterocycles. The van der Waals surface area contributed by atoms with Crippen LogP contribution < -0.4 is 10.2 Å². The van der Waals surface area contributed by atoms with Crippen molar-refractivity contribution in [2.24, 2.45) is 4.99 Å². The van der Waals surface area contributed by atoms with Gasteiger partial charge in [-0.2, -0.15) is 5.26 Å². The van der Waals surface area contributed by atoms with E-state index in [-0.39, 0.29) is 0 Å². The van der Waals surface area contributed by atoms with Gasteiger partial charge in [0.25, 0.3) is 0 Å². The molecule has 15 rings (SSSR count). The topological polar surface area (TPSA) is 66.2 Å². The number of nitrogens with zero attached hydrogens (tertiary/aromatic N) is 6. The predicted octanol–water partition coefficient (Wildman–Crippen LogP) is 15.4. The van der Waals surface area contributed by atoms with Gasteiger partial charge >= 0.3 is 0 Å². The van der Waals surface area contributed by atoms with Gasteiger partial charge in [0.15, 0.2) is 6.17 Å².